The molecule has 0 radical (unpaired) electrons. The highest BCUT2D eigenvalue weighted by molar-refractivity contribution is 6.29. The molecule has 3 rings (SSSR count). The number of halogens is 1. The van der Waals surface area contributed by atoms with E-state index in [1.807, 2.05) is 13.0 Å². The van der Waals surface area contributed by atoms with E-state index >= 15 is 0 Å². The van der Waals surface area contributed by atoms with Crippen LogP contribution in [0.25, 0.3) is 0 Å². The third kappa shape index (κ3) is 2.33. The van der Waals surface area contributed by atoms with Crippen molar-refractivity contribution in [3.63, 3.8) is 0 Å². The van der Waals surface area contributed by atoms with Crippen molar-refractivity contribution in [2.45, 2.75) is 45.6 Å². The number of nitrogens with one attached hydrogen (secondary N) is 1. The van der Waals surface area contributed by atoms with E-state index in [1.54, 1.807) is 0 Å². The van der Waals surface area contributed by atoms with Crippen LogP contribution in [0.15, 0.2) is 6.07 Å². The quantitative estimate of drug-likeness (QED) is 0.848. The largest absolute Gasteiger partial charge is 0.367 e. The van der Waals surface area contributed by atoms with Crippen molar-refractivity contribution >= 4 is 17.4 Å². The number of fused-ring (bicyclic) bond motifs is 2. The van der Waals surface area contributed by atoms with Crippen LogP contribution in [0.3, 0.4) is 0 Å². The number of rotatable bonds is 3. The van der Waals surface area contributed by atoms with Crippen LogP contribution in [0.1, 0.15) is 38.4 Å². The van der Waals surface area contributed by atoms with Gasteiger partial charge in [0.25, 0.3) is 0 Å². The predicted octanol–water partition coefficient (Wildman–Crippen LogP) is 3.68. The van der Waals surface area contributed by atoms with Crippen LogP contribution in [0.4, 0.5) is 5.82 Å². The zero-order chi connectivity index (χ0) is 12.7. The summed E-state index contributed by atoms with van der Waals surface area (Å²) >= 11 is 5.97. The lowest BCUT2D eigenvalue weighted by Gasteiger charge is -2.28. The molecular formula is C14H20ClN3. The molecule has 3 nitrogen and oxygen atoms in total. The van der Waals surface area contributed by atoms with E-state index in [9.17, 15) is 0 Å². The first-order valence-electron chi connectivity index (χ1n) is 6.89. The molecule has 2 bridgehead atoms. The molecule has 4 heteroatoms. The maximum absolute atomic E-state index is 5.97. The number of anilines is 1. The molecule has 0 aromatic carbocycles. The van der Waals surface area contributed by atoms with Crippen molar-refractivity contribution in [3.05, 3.63) is 17.0 Å². The summed E-state index contributed by atoms with van der Waals surface area (Å²) in [6, 6.07) is 2.30. The summed E-state index contributed by atoms with van der Waals surface area (Å²) in [6.07, 6.45) is 5.70. The molecule has 1 aromatic rings. The molecule has 0 amide bonds. The topological polar surface area (TPSA) is 37.8 Å². The first kappa shape index (κ1) is 12.2. The Balaban J connectivity index is 1.68. The Morgan fingerprint density at radius 3 is 2.78 bits per heavy atom. The Morgan fingerprint density at radius 1 is 1.33 bits per heavy atom. The Hall–Kier alpha value is -0.830. The average molecular weight is 266 g/mol. The summed E-state index contributed by atoms with van der Waals surface area (Å²) in [5.74, 6) is 4.31. The van der Waals surface area contributed by atoms with Crippen LogP contribution in [0.2, 0.25) is 5.15 Å². The SMILES string of the molecule is Cc1nc(Cl)cc(N[C@@H](C)[C@H]2C[C@H]3CC[C@H]2C3)n1. The van der Waals surface area contributed by atoms with Gasteiger partial charge < -0.3 is 5.32 Å². The lowest BCUT2D eigenvalue weighted by molar-refractivity contribution is 0.304. The summed E-state index contributed by atoms with van der Waals surface area (Å²) in [5, 5.41) is 4.03. The molecule has 0 spiro atoms. The van der Waals surface area contributed by atoms with Gasteiger partial charge in [-0.3, -0.25) is 0 Å². The minimum absolute atomic E-state index is 0.477. The van der Waals surface area contributed by atoms with E-state index in [1.165, 1.54) is 25.7 Å². The summed E-state index contributed by atoms with van der Waals surface area (Å²) in [4.78, 5) is 8.49. The molecule has 0 unspecified atom stereocenters. The smallest absolute Gasteiger partial charge is 0.134 e. The normalized spacial score (nSPS) is 31.6. The van der Waals surface area contributed by atoms with Crippen molar-refractivity contribution in [2.24, 2.45) is 17.8 Å². The van der Waals surface area contributed by atoms with Crippen LogP contribution < -0.4 is 5.32 Å². The number of aromatic nitrogens is 2. The summed E-state index contributed by atoms with van der Waals surface area (Å²) < 4.78 is 0. The second-order valence-electron chi connectivity index (χ2n) is 5.89. The molecule has 1 heterocycles. The number of hydrogen-bond donors (Lipinski definition) is 1. The molecule has 1 aromatic heterocycles. The molecule has 2 aliphatic carbocycles. The van der Waals surface area contributed by atoms with Gasteiger partial charge >= 0.3 is 0 Å². The van der Waals surface area contributed by atoms with Crippen LogP contribution in [0.5, 0.6) is 0 Å². The van der Waals surface area contributed by atoms with Gasteiger partial charge in [-0.25, -0.2) is 9.97 Å². The second-order valence-corrected chi connectivity index (χ2v) is 6.28. The maximum Gasteiger partial charge on any atom is 0.134 e. The van der Waals surface area contributed by atoms with Gasteiger partial charge in [-0.05, 0) is 50.9 Å². The third-order valence-corrected chi connectivity index (χ3v) is 4.81. The van der Waals surface area contributed by atoms with Crippen molar-refractivity contribution in [1.82, 2.24) is 9.97 Å². The fraction of sp³-hybridized carbons (Fsp3) is 0.714. The fourth-order valence-electron chi connectivity index (χ4n) is 3.85. The van der Waals surface area contributed by atoms with Gasteiger partial charge in [-0.2, -0.15) is 0 Å². The Labute approximate surface area is 113 Å². The highest BCUT2D eigenvalue weighted by atomic mass is 35.5. The van der Waals surface area contributed by atoms with Gasteiger partial charge in [0.15, 0.2) is 0 Å². The highest BCUT2D eigenvalue weighted by Gasteiger charge is 2.41. The molecule has 4 atom stereocenters. The second kappa shape index (κ2) is 4.69. The highest BCUT2D eigenvalue weighted by Crippen LogP contribution is 2.49. The number of hydrogen-bond acceptors (Lipinski definition) is 3. The van der Waals surface area contributed by atoms with Crippen LogP contribution in [-0.4, -0.2) is 16.0 Å². The molecule has 0 saturated heterocycles. The lowest BCUT2D eigenvalue weighted by atomic mass is 9.84. The molecule has 2 saturated carbocycles. The molecular weight excluding hydrogens is 246 g/mol. The summed E-state index contributed by atoms with van der Waals surface area (Å²) in [6.45, 7) is 4.15. The lowest BCUT2D eigenvalue weighted by Crippen LogP contribution is -2.30. The molecule has 1 N–H and O–H groups in total. The molecule has 2 fully saturated rings. The van der Waals surface area contributed by atoms with Crippen LogP contribution >= 0.6 is 11.6 Å². The van der Waals surface area contributed by atoms with E-state index in [-0.39, 0.29) is 0 Å². The molecule has 2 aliphatic rings. The minimum Gasteiger partial charge on any atom is -0.367 e. The molecule has 98 valence electrons. The Bertz CT molecular complexity index is 428. The van der Waals surface area contributed by atoms with Crippen LogP contribution in [0, 0.1) is 24.7 Å². The predicted molar refractivity (Wildman–Crippen MR) is 73.8 cm³/mol. The average Bonchev–Trinajstić information content (AvgIpc) is 2.88. The maximum atomic E-state index is 5.97. The van der Waals surface area contributed by atoms with Gasteiger partial charge in [0.05, 0.1) is 0 Å². The van der Waals surface area contributed by atoms with E-state index in [0.717, 1.165) is 29.4 Å². The van der Waals surface area contributed by atoms with Gasteiger partial charge in [0.1, 0.15) is 16.8 Å². The minimum atomic E-state index is 0.477. The zero-order valence-electron chi connectivity index (χ0n) is 11.0. The van der Waals surface area contributed by atoms with E-state index in [2.05, 4.69) is 22.2 Å². The first-order chi connectivity index (χ1) is 8.61. The standard InChI is InChI=1S/C14H20ClN3/c1-8(12-6-10-3-4-11(12)5-10)16-14-7-13(15)17-9(2)18-14/h7-8,10-12H,3-6H2,1-2H3,(H,16,17,18)/t8-,10-,11-,12+/m0/s1. The van der Waals surface area contributed by atoms with Gasteiger partial charge in [0.2, 0.25) is 0 Å². The van der Waals surface area contributed by atoms with Gasteiger partial charge in [-0.1, -0.05) is 18.0 Å². The van der Waals surface area contributed by atoms with Crippen LogP contribution in [-0.2, 0) is 0 Å². The Morgan fingerprint density at radius 2 is 2.17 bits per heavy atom. The van der Waals surface area contributed by atoms with Crippen molar-refractivity contribution in [1.29, 1.82) is 0 Å². The Kier molecular flexibility index (Phi) is 3.18. The zero-order valence-corrected chi connectivity index (χ0v) is 11.7. The van der Waals surface area contributed by atoms with Crippen molar-refractivity contribution in [3.8, 4) is 0 Å². The van der Waals surface area contributed by atoms with Crippen molar-refractivity contribution in [2.75, 3.05) is 5.32 Å². The van der Waals surface area contributed by atoms with E-state index < -0.39 is 0 Å². The molecule has 18 heavy (non-hydrogen) atoms. The number of nitrogens with zero attached hydrogens (tertiary/aromatic N) is 2. The fourth-order valence-corrected chi connectivity index (χ4v) is 4.08. The van der Waals surface area contributed by atoms with Crippen molar-refractivity contribution < 1.29 is 0 Å². The van der Waals surface area contributed by atoms with Gasteiger partial charge in [-0.15, -0.1) is 0 Å². The summed E-state index contributed by atoms with van der Waals surface area (Å²) in [7, 11) is 0. The first-order valence-corrected chi connectivity index (χ1v) is 7.27. The number of aryl methyl sites for hydroxylation is 1. The van der Waals surface area contributed by atoms with Gasteiger partial charge in [0, 0.05) is 12.1 Å². The van der Waals surface area contributed by atoms with E-state index in [0.29, 0.717) is 11.2 Å². The molecule has 0 aliphatic heterocycles. The third-order valence-electron chi connectivity index (χ3n) is 4.62. The monoisotopic (exact) mass is 265 g/mol. The summed E-state index contributed by atoms with van der Waals surface area (Å²) in [5.41, 5.74) is 0. The van der Waals surface area contributed by atoms with E-state index in [4.69, 9.17) is 11.6 Å².